The van der Waals surface area contributed by atoms with Crippen LogP contribution in [0.1, 0.15) is 25.8 Å². The molecule has 98 valence electrons. The summed E-state index contributed by atoms with van der Waals surface area (Å²) >= 11 is 1.81. The molecular formula is C14H20N2OS. The van der Waals surface area contributed by atoms with Crippen molar-refractivity contribution in [2.45, 2.75) is 32.4 Å². The van der Waals surface area contributed by atoms with Crippen LogP contribution in [0.4, 0.5) is 0 Å². The van der Waals surface area contributed by atoms with Gasteiger partial charge in [0.2, 0.25) is 0 Å². The number of hydrogen-bond donors (Lipinski definition) is 1. The molecule has 0 unspecified atom stereocenters. The van der Waals surface area contributed by atoms with Gasteiger partial charge >= 0.3 is 0 Å². The number of hydrogen-bond acceptors (Lipinski definition) is 3. The Labute approximate surface area is 113 Å². The molecule has 1 aliphatic heterocycles. The van der Waals surface area contributed by atoms with Gasteiger partial charge in [0.1, 0.15) is 5.75 Å². The molecule has 0 aliphatic carbocycles. The fourth-order valence-electron chi connectivity index (χ4n) is 1.77. The smallest absolute Gasteiger partial charge is 0.157 e. The van der Waals surface area contributed by atoms with E-state index in [0.717, 1.165) is 23.2 Å². The number of nitrogens with one attached hydrogen (secondary N) is 1. The van der Waals surface area contributed by atoms with Crippen molar-refractivity contribution >= 4 is 16.9 Å². The average molecular weight is 264 g/mol. The van der Waals surface area contributed by atoms with Gasteiger partial charge in [-0.3, -0.25) is 4.99 Å². The van der Waals surface area contributed by atoms with Crippen LogP contribution in [0.15, 0.2) is 29.3 Å². The fraction of sp³-hybridized carbons (Fsp3) is 0.500. The van der Waals surface area contributed by atoms with Crippen LogP contribution in [0.25, 0.3) is 0 Å². The van der Waals surface area contributed by atoms with E-state index >= 15 is 0 Å². The zero-order valence-corrected chi connectivity index (χ0v) is 12.0. The molecule has 18 heavy (non-hydrogen) atoms. The standard InChI is InChI=1S/C14H20N2OS/c1-14(2)8-9-18-13(16-14)15-10-11-4-6-12(17-3)7-5-11/h4-7H,8-10H2,1-3H3,(H,15,16). The first-order valence-electron chi connectivity index (χ1n) is 6.17. The molecule has 1 heterocycles. The Morgan fingerprint density at radius 3 is 2.67 bits per heavy atom. The second kappa shape index (κ2) is 5.65. The van der Waals surface area contributed by atoms with Crippen molar-refractivity contribution in [1.29, 1.82) is 0 Å². The maximum Gasteiger partial charge on any atom is 0.157 e. The summed E-state index contributed by atoms with van der Waals surface area (Å²) in [6.45, 7) is 5.15. The molecule has 0 radical (unpaired) electrons. The van der Waals surface area contributed by atoms with Crippen LogP contribution < -0.4 is 10.1 Å². The van der Waals surface area contributed by atoms with Gasteiger partial charge in [-0.25, -0.2) is 0 Å². The Bertz CT molecular complexity index is 426. The van der Waals surface area contributed by atoms with Gasteiger partial charge in [-0.05, 0) is 38.0 Å². The van der Waals surface area contributed by atoms with E-state index < -0.39 is 0 Å². The molecule has 2 rings (SSSR count). The minimum absolute atomic E-state index is 0.171. The summed E-state index contributed by atoms with van der Waals surface area (Å²) < 4.78 is 5.14. The van der Waals surface area contributed by atoms with Gasteiger partial charge in [-0.1, -0.05) is 23.9 Å². The van der Waals surface area contributed by atoms with Crippen molar-refractivity contribution in [3.8, 4) is 5.75 Å². The highest BCUT2D eigenvalue weighted by atomic mass is 32.2. The molecule has 4 heteroatoms. The number of amidine groups is 1. The van der Waals surface area contributed by atoms with Crippen LogP contribution in [0, 0.1) is 0 Å². The molecule has 3 nitrogen and oxygen atoms in total. The Morgan fingerprint density at radius 1 is 1.33 bits per heavy atom. The van der Waals surface area contributed by atoms with Crippen LogP contribution in [-0.4, -0.2) is 23.6 Å². The molecule has 1 aliphatic rings. The first kappa shape index (κ1) is 13.3. The van der Waals surface area contributed by atoms with E-state index in [9.17, 15) is 0 Å². The predicted octanol–water partition coefficient (Wildman–Crippen LogP) is 3.06. The van der Waals surface area contributed by atoms with Gasteiger partial charge in [0.25, 0.3) is 0 Å². The summed E-state index contributed by atoms with van der Waals surface area (Å²) in [5.74, 6) is 2.03. The lowest BCUT2D eigenvalue weighted by atomic mass is 10.0. The number of methoxy groups -OCH3 is 1. The number of rotatable bonds is 3. The summed E-state index contributed by atoms with van der Waals surface area (Å²) in [5, 5.41) is 4.53. The lowest BCUT2D eigenvalue weighted by Crippen LogP contribution is -2.46. The van der Waals surface area contributed by atoms with Crippen molar-refractivity contribution in [3.63, 3.8) is 0 Å². The van der Waals surface area contributed by atoms with Crippen molar-refractivity contribution in [1.82, 2.24) is 5.32 Å². The minimum atomic E-state index is 0.171. The molecule has 0 bridgehead atoms. The highest BCUT2D eigenvalue weighted by molar-refractivity contribution is 8.13. The zero-order chi connectivity index (χ0) is 13.0. The van der Waals surface area contributed by atoms with Gasteiger partial charge in [0, 0.05) is 11.3 Å². The normalized spacial score (nSPS) is 20.5. The Hall–Kier alpha value is -1.16. The van der Waals surface area contributed by atoms with Gasteiger partial charge in [0.15, 0.2) is 5.17 Å². The first-order valence-corrected chi connectivity index (χ1v) is 7.16. The van der Waals surface area contributed by atoms with Gasteiger partial charge in [-0.15, -0.1) is 0 Å². The minimum Gasteiger partial charge on any atom is -0.497 e. The molecular weight excluding hydrogens is 244 g/mol. The van der Waals surface area contributed by atoms with E-state index in [0.29, 0.717) is 0 Å². The highest BCUT2D eigenvalue weighted by Crippen LogP contribution is 2.22. The van der Waals surface area contributed by atoms with E-state index in [1.807, 2.05) is 12.1 Å². The topological polar surface area (TPSA) is 33.6 Å². The molecule has 0 amide bonds. The Kier molecular flexibility index (Phi) is 4.17. The SMILES string of the molecule is COc1ccc(CN=C2NC(C)(C)CCS2)cc1. The van der Waals surface area contributed by atoms with Crippen LogP contribution in [0.2, 0.25) is 0 Å². The van der Waals surface area contributed by atoms with Crippen LogP contribution in [0.5, 0.6) is 5.75 Å². The van der Waals surface area contributed by atoms with E-state index in [4.69, 9.17) is 4.74 Å². The lowest BCUT2D eigenvalue weighted by molar-refractivity contribution is 0.414. The lowest BCUT2D eigenvalue weighted by Gasteiger charge is -2.32. The summed E-state index contributed by atoms with van der Waals surface area (Å²) in [7, 11) is 1.68. The van der Waals surface area contributed by atoms with Crippen molar-refractivity contribution in [2.24, 2.45) is 4.99 Å². The number of benzene rings is 1. The first-order chi connectivity index (χ1) is 8.59. The third-order valence-electron chi connectivity index (χ3n) is 2.98. The molecule has 1 aromatic rings. The Balaban J connectivity index is 1.97. The van der Waals surface area contributed by atoms with E-state index in [1.165, 1.54) is 12.0 Å². The van der Waals surface area contributed by atoms with Crippen molar-refractivity contribution in [2.75, 3.05) is 12.9 Å². The summed E-state index contributed by atoms with van der Waals surface area (Å²) in [6, 6.07) is 8.06. The highest BCUT2D eigenvalue weighted by Gasteiger charge is 2.23. The molecule has 1 saturated heterocycles. The number of thioether (sulfide) groups is 1. The molecule has 0 saturated carbocycles. The summed E-state index contributed by atoms with van der Waals surface area (Å²) in [5.41, 5.74) is 1.37. The molecule has 1 aromatic carbocycles. The molecule has 1 fully saturated rings. The van der Waals surface area contributed by atoms with Gasteiger partial charge in [-0.2, -0.15) is 0 Å². The van der Waals surface area contributed by atoms with Crippen LogP contribution >= 0.6 is 11.8 Å². The predicted molar refractivity (Wildman–Crippen MR) is 78.4 cm³/mol. The summed E-state index contributed by atoms with van der Waals surface area (Å²) in [4.78, 5) is 4.63. The Morgan fingerprint density at radius 2 is 2.06 bits per heavy atom. The summed E-state index contributed by atoms with van der Waals surface area (Å²) in [6.07, 6.45) is 1.18. The molecule has 0 atom stereocenters. The zero-order valence-electron chi connectivity index (χ0n) is 11.2. The van der Waals surface area contributed by atoms with E-state index in [1.54, 1.807) is 18.9 Å². The fourth-order valence-corrected chi connectivity index (χ4v) is 3.08. The van der Waals surface area contributed by atoms with E-state index in [-0.39, 0.29) is 5.54 Å². The maximum atomic E-state index is 5.14. The van der Waals surface area contributed by atoms with Gasteiger partial charge in [0.05, 0.1) is 13.7 Å². The number of aliphatic imine (C=N–C) groups is 1. The maximum absolute atomic E-state index is 5.14. The van der Waals surface area contributed by atoms with Crippen molar-refractivity contribution < 1.29 is 4.74 Å². The monoisotopic (exact) mass is 264 g/mol. The van der Waals surface area contributed by atoms with E-state index in [2.05, 4.69) is 36.3 Å². The average Bonchev–Trinajstić information content (AvgIpc) is 2.36. The van der Waals surface area contributed by atoms with Crippen LogP contribution in [0.3, 0.4) is 0 Å². The van der Waals surface area contributed by atoms with Crippen molar-refractivity contribution in [3.05, 3.63) is 29.8 Å². The number of ether oxygens (including phenoxy) is 1. The third-order valence-corrected chi connectivity index (χ3v) is 3.89. The van der Waals surface area contributed by atoms with Gasteiger partial charge < -0.3 is 10.1 Å². The second-order valence-corrected chi connectivity index (χ2v) is 6.16. The molecule has 0 spiro atoms. The molecule has 1 N–H and O–H groups in total. The molecule has 0 aromatic heterocycles. The second-order valence-electron chi connectivity index (χ2n) is 5.08. The third kappa shape index (κ3) is 3.67. The quantitative estimate of drug-likeness (QED) is 0.911. The van der Waals surface area contributed by atoms with Crippen LogP contribution in [-0.2, 0) is 6.54 Å². The number of nitrogens with zero attached hydrogens (tertiary/aromatic N) is 1. The largest absolute Gasteiger partial charge is 0.497 e.